The number of amides is 1. The lowest BCUT2D eigenvalue weighted by Crippen LogP contribution is -2.48. The molecule has 1 aliphatic heterocycles. The van der Waals surface area contributed by atoms with Gasteiger partial charge in [0, 0.05) is 23.6 Å². The molecule has 1 N–H and O–H groups in total. The highest BCUT2D eigenvalue weighted by Crippen LogP contribution is 2.28. The zero-order chi connectivity index (χ0) is 17.0. The molecule has 1 amide bonds. The van der Waals surface area contributed by atoms with Crippen LogP contribution in [-0.2, 0) is 9.53 Å². The topological polar surface area (TPSA) is 110 Å². The molecule has 1 aromatic carbocycles. The molecule has 0 radical (unpaired) electrons. The van der Waals surface area contributed by atoms with Crippen LogP contribution in [0.1, 0.15) is 17.3 Å². The van der Waals surface area contributed by atoms with Crippen molar-refractivity contribution in [2.45, 2.75) is 17.9 Å². The number of non-ortho nitro benzene ring substituents is 1. The highest BCUT2D eigenvalue weighted by atomic mass is 32.2. The summed E-state index contributed by atoms with van der Waals surface area (Å²) in [5, 5.41) is 19.9. The molecule has 0 aliphatic carbocycles. The standard InChI is InChI=1S/C14H16N2O6S/c1-2-23-12-4-3-9(16(20)21)7-10(12)13(17)15-5-6-22-11(8-15)14(18)19/h3-4,7,11H,2,5-6,8H2,1H3,(H,18,19). The number of morpholine rings is 1. The molecule has 23 heavy (non-hydrogen) atoms. The number of aliphatic carboxylic acids is 1. The molecule has 0 saturated carbocycles. The summed E-state index contributed by atoms with van der Waals surface area (Å²) in [4.78, 5) is 36.1. The van der Waals surface area contributed by atoms with Crippen LogP contribution in [0.4, 0.5) is 5.69 Å². The van der Waals surface area contributed by atoms with Crippen LogP contribution in [0.5, 0.6) is 0 Å². The Kier molecular flexibility index (Phi) is 5.56. The van der Waals surface area contributed by atoms with Crippen LogP contribution in [0.2, 0.25) is 0 Å². The number of hydrogen-bond donors (Lipinski definition) is 1. The Balaban J connectivity index is 2.30. The lowest BCUT2D eigenvalue weighted by molar-refractivity contribution is -0.384. The van der Waals surface area contributed by atoms with Gasteiger partial charge in [0.1, 0.15) is 0 Å². The van der Waals surface area contributed by atoms with Crippen LogP contribution in [0.3, 0.4) is 0 Å². The number of thioether (sulfide) groups is 1. The molecule has 124 valence electrons. The maximum atomic E-state index is 12.7. The van der Waals surface area contributed by atoms with E-state index < -0.39 is 22.9 Å². The first-order valence-corrected chi connectivity index (χ1v) is 7.97. The molecule has 0 bridgehead atoms. The number of rotatable bonds is 5. The van der Waals surface area contributed by atoms with Crippen molar-refractivity contribution in [3.8, 4) is 0 Å². The lowest BCUT2D eigenvalue weighted by Gasteiger charge is -2.31. The first kappa shape index (κ1) is 17.2. The van der Waals surface area contributed by atoms with Crippen LogP contribution in [0, 0.1) is 10.1 Å². The molecule has 1 atom stereocenters. The summed E-state index contributed by atoms with van der Waals surface area (Å²) in [5.74, 6) is -0.845. The quantitative estimate of drug-likeness (QED) is 0.493. The van der Waals surface area contributed by atoms with Gasteiger partial charge in [0.25, 0.3) is 11.6 Å². The van der Waals surface area contributed by atoms with Gasteiger partial charge in [-0.2, -0.15) is 0 Å². The van der Waals surface area contributed by atoms with E-state index in [1.165, 1.54) is 28.8 Å². The molecule has 9 heteroatoms. The zero-order valence-corrected chi connectivity index (χ0v) is 13.2. The summed E-state index contributed by atoms with van der Waals surface area (Å²) in [5.41, 5.74) is 0.0499. The lowest BCUT2D eigenvalue weighted by atomic mass is 10.1. The average molecular weight is 340 g/mol. The van der Waals surface area contributed by atoms with E-state index in [2.05, 4.69) is 0 Å². The van der Waals surface area contributed by atoms with Crippen LogP contribution < -0.4 is 0 Å². The summed E-state index contributed by atoms with van der Waals surface area (Å²) in [6.07, 6.45) is -1.08. The number of nitro benzene ring substituents is 1. The van der Waals surface area contributed by atoms with Crippen molar-refractivity contribution in [1.29, 1.82) is 0 Å². The Hall–Kier alpha value is -2.13. The van der Waals surface area contributed by atoms with Crippen molar-refractivity contribution in [1.82, 2.24) is 4.90 Å². The van der Waals surface area contributed by atoms with Gasteiger partial charge in [-0.15, -0.1) is 11.8 Å². The van der Waals surface area contributed by atoms with Gasteiger partial charge in [-0.05, 0) is 11.8 Å². The maximum Gasteiger partial charge on any atom is 0.334 e. The molecule has 1 heterocycles. The third-order valence-corrected chi connectivity index (χ3v) is 4.29. The van der Waals surface area contributed by atoms with E-state index >= 15 is 0 Å². The number of nitro groups is 1. The van der Waals surface area contributed by atoms with E-state index in [1.54, 1.807) is 6.07 Å². The summed E-state index contributed by atoms with van der Waals surface area (Å²) >= 11 is 1.40. The Morgan fingerprint density at radius 2 is 2.26 bits per heavy atom. The number of carbonyl (C=O) groups excluding carboxylic acids is 1. The molecule has 1 saturated heterocycles. The molecule has 8 nitrogen and oxygen atoms in total. The van der Waals surface area contributed by atoms with Crippen molar-refractivity contribution in [2.75, 3.05) is 25.4 Å². The molecule has 1 fully saturated rings. The molecule has 1 unspecified atom stereocenters. The van der Waals surface area contributed by atoms with Gasteiger partial charge >= 0.3 is 5.97 Å². The normalized spacial score (nSPS) is 17.8. The fraction of sp³-hybridized carbons (Fsp3) is 0.429. The Bertz CT molecular complexity index is 636. The number of carboxylic acid groups (broad SMARTS) is 1. The van der Waals surface area contributed by atoms with Gasteiger partial charge < -0.3 is 14.7 Å². The molecular weight excluding hydrogens is 324 g/mol. The highest BCUT2D eigenvalue weighted by molar-refractivity contribution is 7.99. The van der Waals surface area contributed by atoms with E-state index in [4.69, 9.17) is 9.84 Å². The van der Waals surface area contributed by atoms with Crippen LogP contribution >= 0.6 is 11.8 Å². The first-order chi connectivity index (χ1) is 10.9. The Morgan fingerprint density at radius 3 is 2.87 bits per heavy atom. The van der Waals surface area contributed by atoms with Gasteiger partial charge in [0.05, 0.1) is 23.6 Å². The molecule has 0 aromatic heterocycles. The van der Waals surface area contributed by atoms with E-state index in [0.717, 1.165) is 0 Å². The predicted octanol–water partition coefficient (Wildman–Crippen LogP) is 1.63. The van der Waals surface area contributed by atoms with E-state index in [-0.39, 0.29) is 30.9 Å². The summed E-state index contributed by atoms with van der Waals surface area (Å²) in [7, 11) is 0. The van der Waals surface area contributed by atoms with E-state index in [9.17, 15) is 19.7 Å². The van der Waals surface area contributed by atoms with Gasteiger partial charge in [0.15, 0.2) is 6.10 Å². The minimum absolute atomic E-state index is 0.0763. The number of nitrogens with zero attached hydrogens (tertiary/aromatic N) is 2. The number of hydrogen-bond acceptors (Lipinski definition) is 6. The number of carbonyl (C=O) groups is 2. The van der Waals surface area contributed by atoms with Crippen LogP contribution in [0.15, 0.2) is 23.1 Å². The van der Waals surface area contributed by atoms with Gasteiger partial charge in [-0.3, -0.25) is 14.9 Å². The van der Waals surface area contributed by atoms with Gasteiger partial charge in [-0.25, -0.2) is 4.79 Å². The minimum Gasteiger partial charge on any atom is -0.479 e. The van der Waals surface area contributed by atoms with Crippen molar-refractivity contribution < 1.29 is 24.4 Å². The fourth-order valence-corrected chi connectivity index (χ4v) is 3.01. The molecule has 2 rings (SSSR count). The second-order valence-electron chi connectivity index (χ2n) is 4.82. The number of benzene rings is 1. The monoisotopic (exact) mass is 340 g/mol. The Labute approximate surface area is 136 Å². The van der Waals surface area contributed by atoms with Crippen LogP contribution in [0.25, 0.3) is 0 Å². The number of carboxylic acids is 1. The van der Waals surface area contributed by atoms with Gasteiger partial charge in [-0.1, -0.05) is 6.92 Å². The summed E-state index contributed by atoms with van der Waals surface area (Å²) in [6, 6.07) is 4.15. The third kappa shape index (κ3) is 3.99. The molecular formula is C14H16N2O6S. The molecule has 1 aromatic rings. The number of ether oxygens (including phenoxy) is 1. The fourth-order valence-electron chi connectivity index (χ4n) is 2.23. The molecule has 1 aliphatic rings. The van der Waals surface area contributed by atoms with Gasteiger partial charge in [0.2, 0.25) is 0 Å². The average Bonchev–Trinajstić information content (AvgIpc) is 2.54. The predicted molar refractivity (Wildman–Crippen MR) is 82.8 cm³/mol. The van der Waals surface area contributed by atoms with Crippen molar-refractivity contribution >= 4 is 29.3 Å². The Morgan fingerprint density at radius 1 is 1.52 bits per heavy atom. The molecule has 0 spiro atoms. The maximum absolute atomic E-state index is 12.7. The minimum atomic E-state index is -1.13. The third-order valence-electron chi connectivity index (χ3n) is 3.33. The smallest absolute Gasteiger partial charge is 0.334 e. The second-order valence-corrected chi connectivity index (χ2v) is 6.13. The van der Waals surface area contributed by atoms with Crippen molar-refractivity contribution in [3.63, 3.8) is 0 Å². The largest absolute Gasteiger partial charge is 0.479 e. The zero-order valence-electron chi connectivity index (χ0n) is 12.4. The van der Waals surface area contributed by atoms with Crippen molar-refractivity contribution in [3.05, 3.63) is 33.9 Å². The van der Waals surface area contributed by atoms with Crippen molar-refractivity contribution in [2.24, 2.45) is 0 Å². The second kappa shape index (κ2) is 7.42. The SMILES string of the molecule is CCSc1ccc([N+](=O)[O-])cc1C(=O)N1CCOC(C(=O)O)C1. The van der Waals surface area contributed by atoms with E-state index in [0.29, 0.717) is 10.6 Å². The first-order valence-electron chi connectivity index (χ1n) is 6.99. The summed E-state index contributed by atoms with van der Waals surface area (Å²) < 4.78 is 5.09. The highest BCUT2D eigenvalue weighted by Gasteiger charge is 2.31. The van der Waals surface area contributed by atoms with Crippen LogP contribution in [-0.4, -0.2) is 58.4 Å². The van der Waals surface area contributed by atoms with E-state index in [1.807, 2.05) is 6.92 Å². The summed E-state index contributed by atoms with van der Waals surface area (Å²) in [6.45, 7) is 2.21.